The van der Waals surface area contributed by atoms with Crippen molar-refractivity contribution in [1.82, 2.24) is 9.80 Å². The van der Waals surface area contributed by atoms with E-state index in [0.717, 1.165) is 11.3 Å². The van der Waals surface area contributed by atoms with Crippen molar-refractivity contribution < 1.29 is 14.0 Å². The summed E-state index contributed by atoms with van der Waals surface area (Å²) in [6.45, 7) is 6.15. The molecule has 3 rings (SSSR count). The summed E-state index contributed by atoms with van der Waals surface area (Å²) in [5.41, 5.74) is 1.70. The lowest BCUT2D eigenvalue weighted by atomic mass is 10.1. The zero-order valence-corrected chi connectivity index (χ0v) is 15.2. The smallest absolute Gasteiger partial charge is 0.264 e. The van der Waals surface area contributed by atoms with Gasteiger partial charge in [0.2, 0.25) is 0 Å². The third kappa shape index (κ3) is 3.74. The molecule has 25 heavy (non-hydrogen) atoms. The number of amides is 2. The Morgan fingerprint density at radius 2 is 1.60 bits per heavy atom. The molecule has 0 N–H and O–H groups in total. The maximum atomic E-state index is 13.0. The predicted molar refractivity (Wildman–Crippen MR) is 96.6 cm³/mol. The van der Waals surface area contributed by atoms with E-state index in [1.165, 1.54) is 46.0 Å². The fourth-order valence-electron chi connectivity index (χ4n) is 3.02. The van der Waals surface area contributed by atoms with E-state index in [2.05, 4.69) is 6.92 Å². The number of halogens is 1. The lowest BCUT2D eigenvalue weighted by molar-refractivity contribution is 0.0538. The van der Waals surface area contributed by atoms with Crippen LogP contribution >= 0.6 is 11.3 Å². The summed E-state index contributed by atoms with van der Waals surface area (Å²) in [6.07, 6.45) is 0.926. The number of rotatable bonds is 3. The summed E-state index contributed by atoms with van der Waals surface area (Å²) in [5.74, 6) is -0.432. The first-order valence-electron chi connectivity index (χ1n) is 8.43. The molecule has 0 unspecified atom stereocenters. The summed E-state index contributed by atoms with van der Waals surface area (Å²) >= 11 is 1.54. The van der Waals surface area contributed by atoms with Crippen LogP contribution in [0.5, 0.6) is 0 Å². The van der Waals surface area contributed by atoms with Gasteiger partial charge >= 0.3 is 0 Å². The molecule has 2 heterocycles. The lowest BCUT2D eigenvalue weighted by Crippen LogP contribution is -2.50. The molecule has 0 atom stereocenters. The molecular formula is C19H21FN2O2S. The predicted octanol–water partition coefficient (Wildman–Crippen LogP) is 3.36. The first-order chi connectivity index (χ1) is 12.0. The van der Waals surface area contributed by atoms with Crippen LogP contribution in [0.2, 0.25) is 0 Å². The Morgan fingerprint density at radius 3 is 2.12 bits per heavy atom. The average Bonchev–Trinajstić information content (AvgIpc) is 3.02. The number of aryl methyl sites for hydroxylation is 2. The van der Waals surface area contributed by atoms with E-state index in [4.69, 9.17) is 0 Å². The molecule has 0 radical (unpaired) electrons. The Bertz CT molecular complexity index is 777. The highest BCUT2D eigenvalue weighted by molar-refractivity contribution is 7.14. The van der Waals surface area contributed by atoms with Crippen molar-refractivity contribution in [3.63, 3.8) is 0 Å². The van der Waals surface area contributed by atoms with E-state index in [1.54, 1.807) is 9.80 Å². The molecule has 4 nitrogen and oxygen atoms in total. The van der Waals surface area contributed by atoms with Crippen LogP contribution in [0.25, 0.3) is 0 Å². The molecular weight excluding hydrogens is 339 g/mol. The third-order valence-electron chi connectivity index (χ3n) is 4.56. The molecule has 2 aromatic rings. The topological polar surface area (TPSA) is 40.6 Å². The van der Waals surface area contributed by atoms with Gasteiger partial charge in [0.1, 0.15) is 5.82 Å². The number of hydrogen-bond acceptors (Lipinski definition) is 3. The third-order valence-corrected chi connectivity index (χ3v) is 5.64. The van der Waals surface area contributed by atoms with E-state index in [9.17, 15) is 14.0 Å². The zero-order valence-electron chi connectivity index (χ0n) is 14.4. The normalized spacial score (nSPS) is 14.7. The number of nitrogens with zero attached hydrogens (tertiary/aromatic N) is 2. The molecule has 1 aromatic carbocycles. The van der Waals surface area contributed by atoms with E-state index in [-0.39, 0.29) is 17.6 Å². The van der Waals surface area contributed by atoms with Crippen molar-refractivity contribution in [3.8, 4) is 0 Å². The first-order valence-corrected chi connectivity index (χ1v) is 9.24. The van der Waals surface area contributed by atoms with Gasteiger partial charge in [-0.15, -0.1) is 11.3 Å². The standard InChI is InChI=1S/C19H21FN2O2S/c1-3-14-12-17(25-13(14)2)19(24)22-10-8-21(9-11-22)18(23)15-4-6-16(20)7-5-15/h4-7,12H,3,8-11H2,1-2H3. The summed E-state index contributed by atoms with van der Waals surface area (Å²) < 4.78 is 13.0. The minimum Gasteiger partial charge on any atom is -0.335 e. The molecule has 2 amide bonds. The molecule has 1 saturated heterocycles. The number of piperazine rings is 1. The Hall–Kier alpha value is -2.21. The number of carbonyl (C=O) groups excluding carboxylic acids is 2. The van der Waals surface area contributed by atoms with Gasteiger partial charge in [-0.2, -0.15) is 0 Å². The van der Waals surface area contributed by atoms with Crippen LogP contribution in [0.1, 0.15) is 37.4 Å². The Kier molecular flexibility index (Phi) is 5.18. The minimum absolute atomic E-state index is 0.0432. The largest absolute Gasteiger partial charge is 0.335 e. The van der Waals surface area contributed by atoms with E-state index in [0.29, 0.717) is 31.7 Å². The number of thiophene rings is 1. The highest BCUT2D eigenvalue weighted by Gasteiger charge is 2.26. The molecule has 6 heteroatoms. The number of carbonyl (C=O) groups is 2. The highest BCUT2D eigenvalue weighted by atomic mass is 32.1. The van der Waals surface area contributed by atoms with Crippen LogP contribution in [0.3, 0.4) is 0 Å². The van der Waals surface area contributed by atoms with Crippen LogP contribution < -0.4 is 0 Å². The molecule has 1 aliphatic heterocycles. The van der Waals surface area contributed by atoms with Gasteiger partial charge in [-0.3, -0.25) is 9.59 Å². The molecule has 0 aliphatic carbocycles. The van der Waals surface area contributed by atoms with Crippen LogP contribution in [-0.2, 0) is 6.42 Å². The van der Waals surface area contributed by atoms with Gasteiger partial charge in [0.15, 0.2) is 0 Å². The van der Waals surface area contributed by atoms with Gasteiger partial charge in [0.25, 0.3) is 11.8 Å². The molecule has 1 aromatic heterocycles. The summed E-state index contributed by atoms with van der Waals surface area (Å²) in [5, 5.41) is 0. The van der Waals surface area contributed by atoms with Gasteiger partial charge < -0.3 is 9.80 Å². The van der Waals surface area contributed by atoms with Crippen molar-refractivity contribution >= 4 is 23.2 Å². The molecule has 132 valence electrons. The fraction of sp³-hybridized carbons (Fsp3) is 0.368. The number of hydrogen-bond donors (Lipinski definition) is 0. The maximum Gasteiger partial charge on any atom is 0.264 e. The second kappa shape index (κ2) is 7.35. The van der Waals surface area contributed by atoms with Crippen molar-refractivity contribution in [2.45, 2.75) is 20.3 Å². The van der Waals surface area contributed by atoms with E-state index in [1.807, 2.05) is 13.0 Å². The Morgan fingerprint density at radius 1 is 1.04 bits per heavy atom. The second-order valence-electron chi connectivity index (χ2n) is 6.14. The van der Waals surface area contributed by atoms with Crippen molar-refractivity contribution in [2.75, 3.05) is 26.2 Å². The van der Waals surface area contributed by atoms with Crippen molar-refractivity contribution in [3.05, 3.63) is 57.0 Å². The molecule has 0 saturated carbocycles. The first kappa shape index (κ1) is 17.6. The van der Waals surface area contributed by atoms with Crippen LogP contribution in [0, 0.1) is 12.7 Å². The maximum absolute atomic E-state index is 13.0. The lowest BCUT2D eigenvalue weighted by Gasteiger charge is -2.34. The molecule has 1 fully saturated rings. The van der Waals surface area contributed by atoms with Crippen LogP contribution in [0.4, 0.5) is 4.39 Å². The fourth-order valence-corrected chi connectivity index (χ4v) is 4.10. The Labute approximate surface area is 150 Å². The van der Waals surface area contributed by atoms with Crippen LogP contribution in [0.15, 0.2) is 30.3 Å². The molecule has 0 spiro atoms. The SMILES string of the molecule is CCc1cc(C(=O)N2CCN(C(=O)c3ccc(F)cc3)CC2)sc1C. The molecule has 1 aliphatic rings. The highest BCUT2D eigenvalue weighted by Crippen LogP contribution is 2.24. The van der Waals surface area contributed by atoms with Crippen molar-refractivity contribution in [2.24, 2.45) is 0 Å². The van der Waals surface area contributed by atoms with E-state index < -0.39 is 0 Å². The second-order valence-corrected chi connectivity index (χ2v) is 7.39. The van der Waals surface area contributed by atoms with Gasteiger partial charge in [-0.25, -0.2) is 4.39 Å². The monoisotopic (exact) mass is 360 g/mol. The van der Waals surface area contributed by atoms with Gasteiger partial charge in [-0.1, -0.05) is 6.92 Å². The van der Waals surface area contributed by atoms with Crippen molar-refractivity contribution in [1.29, 1.82) is 0 Å². The molecule has 0 bridgehead atoms. The van der Waals surface area contributed by atoms with Gasteiger partial charge in [-0.05, 0) is 49.2 Å². The van der Waals surface area contributed by atoms with Gasteiger partial charge in [0.05, 0.1) is 4.88 Å². The summed E-state index contributed by atoms with van der Waals surface area (Å²) in [6, 6.07) is 7.55. The van der Waals surface area contributed by atoms with Crippen LogP contribution in [-0.4, -0.2) is 47.8 Å². The van der Waals surface area contributed by atoms with E-state index >= 15 is 0 Å². The quantitative estimate of drug-likeness (QED) is 0.842. The zero-order chi connectivity index (χ0) is 18.0. The van der Waals surface area contributed by atoms with Gasteiger partial charge in [0, 0.05) is 36.6 Å². The summed E-state index contributed by atoms with van der Waals surface area (Å²) in [4.78, 5) is 30.6. The minimum atomic E-state index is -0.357. The number of benzene rings is 1. The average molecular weight is 360 g/mol. The Balaban J connectivity index is 1.62. The summed E-state index contributed by atoms with van der Waals surface area (Å²) in [7, 11) is 0.